The van der Waals surface area contributed by atoms with Crippen molar-refractivity contribution in [3.05, 3.63) is 72.2 Å². The molecule has 1 saturated heterocycles. The minimum atomic E-state index is -1.04. The van der Waals surface area contributed by atoms with E-state index >= 15 is 0 Å². The zero-order chi connectivity index (χ0) is 20.3. The van der Waals surface area contributed by atoms with Gasteiger partial charge in [0.15, 0.2) is 0 Å². The summed E-state index contributed by atoms with van der Waals surface area (Å²) in [7, 11) is 1.64. The third-order valence-corrected chi connectivity index (χ3v) is 5.44. The predicted molar refractivity (Wildman–Crippen MR) is 106 cm³/mol. The molecule has 1 aliphatic heterocycles. The molecule has 0 radical (unpaired) electrons. The fourth-order valence-corrected chi connectivity index (χ4v) is 3.82. The van der Waals surface area contributed by atoms with Gasteiger partial charge in [-0.15, -0.1) is 0 Å². The molecule has 0 bridgehead atoms. The van der Waals surface area contributed by atoms with Crippen LogP contribution in [0, 0.1) is 0 Å². The van der Waals surface area contributed by atoms with Gasteiger partial charge in [0.1, 0.15) is 17.4 Å². The molecule has 0 unspecified atom stereocenters. The Balaban J connectivity index is 1.71. The van der Waals surface area contributed by atoms with Gasteiger partial charge in [-0.25, -0.2) is 19.7 Å². The van der Waals surface area contributed by atoms with Gasteiger partial charge in [0.25, 0.3) is 0 Å². The van der Waals surface area contributed by atoms with E-state index in [1.165, 1.54) is 12.4 Å². The third kappa shape index (κ3) is 3.61. The molecule has 1 fully saturated rings. The SMILES string of the molecule is COc1cccc(C2(c3ncc(C(=O)O)cn3)CCN(c3cnccn3)CC2)c1. The standard InChI is InChI=1S/C21H21N5O3/c1-29-17-4-2-3-16(11-17)21(20-24-12-15(13-25-20)19(27)28)5-9-26(10-6-21)18-14-22-7-8-23-18/h2-4,7-8,11-14H,5-6,9-10H2,1H3,(H,27,28). The number of carboxylic acid groups (broad SMARTS) is 1. The summed E-state index contributed by atoms with van der Waals surface area (Å²) in [6.45, 7) is 1.50. The number of carboxylic acids is 1. The highest BCUT2D eigenvalue weighted by Gasteiger charge is 2.41. The quantitative estimate of drug-likeness (QED) is 0.708. The van der Waals surface area contributed by atoms with Crippen molar-refractivity contribution in [2.45, 2.75) is 18.3 Å². The number of piperidine rings is 1. The van der Waals surface area contributed by atoms with Gasteiger partial charge >= 0.3 is 5.97 Å². The highest BCUT2D eigenvalue weighted by atomic mass is 16.5. The molecule has 8 heteroatoms. The van der Waals surface area contributed by atoms with E-state index in [0.717, 1.165) is 43.1 Å². The molecule has 29 heavy (non-hydrogen) atoms. The van der Waals surface area contributed by atoms with Gasteiger partial charge in [-0.05, 0) is 30.5 Å². The molecule has 0 atom stereocenters. The first kappa shape index (κ1) is 18.8. The van der Waals surface area contributed by atoms with Crippen molar-refractivity contribution in [2.75, 3.05) is 25.1 Å². The Morgan fingerprint density at radius 1 is 1.10 bits per heavy atom. The molecule has 2 aromatic heterocycles. The smallest absolute Gasteiger partial charge is 0.338 e. The average Bonchev–Trinajstić information content (AvgIpc) is 2.80. The van der Waals surface area contributed by atoms with Crippen LogP contribution >= 0.6 is 0 Å². The summed E-state index contributed by atoms with van der Waals surface area (Å²) in [4.78, 5) is 30.9. The second-order valence-electron chi connectivity index (χ2n) is 6.97. The molecule has 0 spiro atoms. The summed E-state index contributed by atoms with van der Waals surface area (Å²) in [6.07, 6.45) is 9.37. The number of carbonyl (C=O) groups is 1. The number of ether oxygens (including phenoxy) is 1. The van der Waals surface area contributed by atoms with E-state index in [4.69, 9.17) is 4.74 Å². The van der Waals surface area contributed by atoms with Crippen molar-refractivity contribution in [3.63, 3.8) is 0 Å². The maximum absolute atomic E-state index is 11.2. The molecule has 3 aromatic rings. The Morgan fingerprint density at radius 3 is 2.48 bits per heavy atom. The van der Waals surface area contributed by atoms with E-state index in [0.29, 0.717) is 5.82 Å². The van der Waals surface area contributed by atoms with Crippen LogP contribution in [0.4, 0.5) is 5.82 Å². The van der Waals surface area contributed by atoms with Crippen molar-refractivity contribution < 1.29 is 14.6 Å². The molecular weight excluding hydrogens is 370 g/mol. The van der Waals surface area contributed by atoms with E-state index in [1.807, 2.05) is 18.2 Å². The Labute approximate surface area is 168 Å². The van der Waals surface area contributed by atoms with Crippen molar-refractivity contribution in [1.82, 2.24) is 19.9 Å². The number of benzene rings is 1. The van der Waals surface area contributed by atoms with E-state index in [9.17, 15) is 9.90 Å². The minimum Gasteiger partial charge on any atom is -0.497 e. The van der Waals surface area contributed by atoms with Gasteiger partial charge in [0.05, 0.1) is 24.3 Å². The Bertz CT molecular complexity index is 987. The van der Waals surface area contributed by atoms with Crippen LogP contribution in [-0.4, -0.2) is 51.2 Å². The van der Waals surface area contributed by atoms with Crippen LogP contribution in [0.25, 0.3) is 0 Å². The first-order valence-electron chi connectivity index (χ1n) is 9.34. The Morgan fingerprint density at radius 2 is 1.86 bits per heavy atom. The van der Waals surface area contributed by atoms with Gasteiger partial charge in [-0.3, -0.25) is 4.98 Å². The van der Waals surface area contributed by atoms with Crippen LogP contribution in [0.15, 0.2) is 55.2 Å². The fourth-order valence-electron chi connectivity index (χ4n) is 3.82. The highest BCUT2D eigenvalue weighted by Crippen LogP contribution is 2.41. The lowest BCUT2D eigenvalue weighted by molar-refractivity contribution is 0.0695. The topological polar surface area (TPSA) is 101 Å². The zero-order valence-corrected chi connectivity index (χ0v) is 16.0. The van der Waals surface area contributed by atoms with Crippen molar-refractivity contribution in [1.29, 1.82) is 0 Å². The van der Waals surface area contributed by atoms with E-state index < -0.39 is 11.4 Å². The van der Waals surface area contributed by atoms with Crippen molar-refractivity contribution in [2.24, 2.45) is 0 Å². The van der Waals surface area contributed by atoms with Crippen LogP contribution < -0.4 is 9.64 Å². The van der Waals surface area contributed by atoms with Gasteiger partial charge in [-0.2, -0.15) is 0 Å². The van der Waals surface area contributed by atoms with Crippen LogP contribution in [-0.2, 0) is 5.41 Å². The largest absolute Gasteiger partial charge is 0.497 e. The number of anilines is 1. The van der Waals surface area contributed by atoms with E-state index in [-0.39, 0.29) is 5.56 Å². The van der Waals surface area contributed by atoms with Crippen LogP contribution in [0.1, 0.15) is 34.6 Å². The highest BCUT2D eigenvalue weighted by molar-refractivity contribution is 5.86. The van der Waals surface area contributed by atoms with E-state index in [2.05, 4.69) is 30.9 Å². The molecule has 4 rings (SSSR count). The first-order valence-corrected chi connectivity index (χ1v) is 9.34. The zero-order valence-electron chi connectivity index (χ0n) is 16.0. The second kappa shape index (κ2) is 7.83. The Kier molecular flexibility index (Phi) is 5.07. The molecule has 3 heterocycles. The average molecular weight is 391 g/mol. The summed E-state index contributed by atoms with van der Waals surface area (Å²) in [5.74, 6) is 1.19. The number of aromatic carboxylic acids is 1. The second-order valence-corrected chi connectivity index (χ2v) is 6.97. The Hall–Kier alpha value is -3.55. The number of nitrogens with zero attached hydrogens (tertiary/aromatic N) is 5. The molecule has 1 aliphatic rings. The number of hydrogen-bond donors (Lipinski definition) is 1. The van der Waals surface area contributed by atoms with Gasteiger partial charge in [0.2, 0.25) is 0 Å². The maximum Gasteiger partial charge on any atom is 0.338 e. The van der Waals surface area contributed by atoms with Crippen molar-refractivity contribution in [3.8, 4) is 5.75 Å². The molecule has 0 saturated carbocycles. The summed E-state index contributed by atoms with van der Waals surface area (Å²) in [6, 6.07) is 7.91. The number of rotatable bonds is 5. The van der Waals surface area contributed by atoms with Crippen LogP contribution in [0.3, 0.4) is 0 Å². The number of aromatic nitrogens is 4. The molecule has 0 amide bonds. The van der Waals surface area contributed by atoms with Gasteiger partial charge in [0, 0.05) is 37.9 Å². The summed E-state index contributed by atoms with van der Waals surface area (Å²) >= 11 is 0. The molecule has 8 nitrogen and oxygen atoms in total. The third-order valence-electron chi connectivity index (χ3n) is 5.44. The fraction of sp³-hybridized carbons (Fsp3) is 0.286. The first-order chi connectivity index (χ1) is 14.1. The summed E-state index contributed by atoms with van der Waals surface area (Å²) in [5.41, 5.74) is 0.690. The van der Waals surface area contributed by atoms with Gasteiger partial charge < -0.3 is 14.7 Å². The van der Waals surface area contributed by atoms with E-state index in [1.54, 1.807) is 25.7 Å². The molecule has 1 aromatic carbocycles. The molecule has 148 valence electrons. The summed E-state index contributed by atoms with van der Waals surface area (Å²) < 4.78 is 5.42. The normalized spacial score (nSPS) is 15.7. The van der Waals surface area contributed by atoms with Crippen LogP contribution in [0.2, 0.25) is 0 Å². The minimum absolute atomic E-state index is 0.0755. The maximum atomic E-state index is 11.2. The molecule has 0 aliphatic carbocycles. The lowest BCUT2D eigenvalue weighted by Crippen LogP contribution is -2.44. The number of hydrogen-bond acceptors (Lipinski definition) is 7. The lowest BCUT2D eigenvalue weighted by atomic mass is 9.72. The number of methoxy groups -OCH3 is 1. The van der Waals surface area contributed by atoms with Gasteiger partial charge in [-0.1, -0.05) is 12.1 Å². The monoisotopic (exact) mass is 391 g/mol. The van der Waals surface area contributed by atoms with Crippen LogP contribution in [0.5, 0.6) is 5.75 Å². The summed E-state index contributed by atoms with van der Waals surface area (Å²) in [5, 5.41) is 9.18. The lowest BCUT2D eigenvalue weighted by Gasteiger charge is -2.41. The van der Waals surface area contributed by atoms with Crippen molar-refractivity contribution >= 4 is 11.8 Å². The molecular formula is C21H21N5O3. The predicted octanol–water partition coefficient (Wildman–Crippen LogP) is 2.56. The molecule has 1 N–H and O–H groups in total.